The van der Waals surface area contributed by atoms with Gasteiger partial charge in [-0.2, -0.15) is 0 Å². The number of para-hydroxylation sites is 4. The largest absolute Gasteiger partial charge is 0.344 e. The molecule has 2 heteroatoms. The van der Waals surface area contributed by atoms with Crippen LogP contribution in [0.2, 0.25) is 0 Å². The summed E-state index contributed by atoms with van der Waals surface area (Å²) in [7, 11) is 4.59. The number of anilines is 4. The Bertz CT molecular complexity index is 5310. The predicted molar refractivity (Wildman–Crippen MR) is 386 cm³/mol. The van der Waals surface area contributed by atoms with Crippen molar-refractivity contribution < 1.29 is 0 Å². The van der Waals surface area contributed by atoms with Crippen LogP contribution in [0.3, 0.4) is 0 Å². The summed E-state index contributed by atoms with van der Waals surface area (Å²) in [6, 6.07) is 125. The molecule has 2 heterocycles. The molecule has 0 amide bonds. The van der Waals surface area contributed by atoms with Crippen LogP contribution < -0.4 is 9.80 Å². The number of fused-ring (bicyclic) bond motifs is 23. The van der Waals surface area contributed by atoms with Crippen LogP contribution in [0.4, 0.5) is 22.7 Å². The zero-order valence-corrected chi connectivity index (χ0v) is 51.6. The Balaban J connectivity index is 0.918. The van der Waals surface area contributed by atoms with Crippen LogP contribution >= 0.6 is 0 Å². The van der Waals surface area contributed by atoms with Crippen LogP contribution in [0, 0.1) is 0 Å². The van der Waals surface area contributed by atoms with Crippen molar-refractivity contribution in [2.75, 3.05) is 23.9 Å². The van der Waals surface area contributed by atoms with E-state index in [4.69, 9.17) is 0 Å². The summed E-state index contributed by atoms with van der Waals surface area (Å²) in [5.41, 5.74) is 33.6. The number of benzene rings is 15. The van der Waals surface area contributed by atoms with E-state index in [2.05, 4.69) is 351 Å². The third kappa shape index (κ3) is 6.52. The molecule has 2 spiro atoms. The average molecular weight is 1180 g/mol. The normalized spacial score (nSPS) is 14.8. The third-order valence-corrected chi connectivity index (χ3v) is 22.2. The van der Waals surface area contributed by atoms with Gasteiger partial charge in [0.15, 0.2) is 0 Å². The van der Waals surface area contributed by atoms with Gasteiger partial charge < -0.3 is 9.80 Å². The summed E-state index contributed by atoms with van der Waals surface area (Å²) >= 11 is 0. The molecule has 5 aliphatic rings. The van der Waals surface area contributed by atoms with E-state index in [9.17, 15) is 0 Å². The quantitative estimate of drug-likeness (QED) is 0.159. The van der Waals surface area contributed by atoms with Crippen LogP contribution in [-0.4, -0.2) is 14.1 Å². The molecule has 0 bridgehead atoms. The molecule has 0 atom stereocenters. The van der Waals surface area contributed by atoms with Gasteiger partial charge in [-0.3, -0.25) is 0 Å². The van der Waals surface area contributed by atoms with Gasteiger partial charge in [0, 0.05) is 36.6 Å². The smallest absolute Gasteiger partial charge is 0.0754 e. The molecule has 3 aliphatic carbocycles. The average Bonchev–Trinajstić information content (AvgIpc) is 1.61. The molecular weight excluding hydrogens is 1120 g/mol. The Kier molecular flexibility index (Phi) is 10.8. The minimum Gasteiger partial charge on any atom is -0.344 e. The highest BCUT2D eigenvalue weighted by atomic mass is 15.1. The van der Waals surface area contributed by atoms with Crippen LogP contribution in [0.5, 0.6) is 0 Å². The Morgan fingerprint density at radius 3 is 0.925 bits per heavy atom. The van der Waals surface area contributed by atoms with Gasteiger partial charge in [0.1, 0.15) is 0 Å². The summed E-state index contributed by atoms with van der Waals surface area (Å²) in [4.78, 5) is 4.99. The van der Waals surface area contributed by atoms with Crippen molar-refractivity contribution in [3.8, 4) is 66.8 Å². The van der Waals surface area contributed by atoms with Crippen LogP contribution in [0.15, 0.2) is 328 Å². The number of hydrogen-bond acceptors (Lipinski definition) is 2. The van der Waals surface area contributed by atoms with E-state index in [1.807, 2.05) is 0 Å². The highest BCUT2D eigenvalue weighted by Gasteiger charge is 2.54. The molecule has 0 saturated carbocycles. The maximum absolute atomic E-state index is 2.58. The maximum atomic E-state index is 2.58. The van der Waals surface area contributed by atoms with E-state index in [-0.39, 0.29) is 0 Å². The zero-order valence-electron chi connectivity index (χ0n) is 51.6. The lowest BCUT2D eigenvalue weighted by molar-refractivity contribution is 0.749. The molecule has 20 rings (SSSR count). The molecule has 0 fully saturated rings. The van der Waals surface area contributed by atoms with E-state index in [0.717, 1.165) is 0 Å². The number of hydrogen-bond donors (Lipinski definition) is 0. The first kappa shape index (κ1) is 52.2. The van der Waals surface area contributed by atoms with Gasteiger partial charge >= 0.3 is 0 Å². The second kappa shape index (κ2) is 19.2. The van der Waals surface area contributed by atoms with Gasteiger partial charge in [-0.05, 0) is 162 Å². The SMILES string of the molecule is CN1c2ccccc2C2(c3ccccc3-c3ccccc32)c2cccc(-c3cccc4c(-c5cccc6c5-c5ccccc5C6(c5ccccc5)c5ccccc5)c5cccc(-c6cccc7c6N(C)c6ccccc6C76c7ccccc7-c7ccccc76)c5cc34)c21. The topological polar surface area (TPSA) is 6.48 Å². The fourth-order valence-corrected chi connectivity index (χ4v) is 18.8. The van der Waals surface area contributed by atoms with Crippen LogP contribution in [0.1, 0.15) is 66.8 Å². The molecule has 0 aromatic heterocycles. The van der Waals surface area contributed by atoms with Gasteiger partial charge in [-0.15, -0.1) is 0 Å². The molecule has 0 unspecified atom stereocenters. The summed E-state index contributed by atoms with van der Waals surface area (Å²) in [5.74, 6) is 0. The minimum absolute atomic E-state index is 0.562. The maximum Gasteiger partial charge on any atom is 0.0754 e. The Morgan fingerprint density at radius 1 is 0.194 bits per heavy atom. The molecule has 0 N–H and O–H groups in total. The highest BCUT2D eigenvalue weighted by Crippen LogP contribution is 2.67. The van der Waals surface area contributed by atoms with E-state index in [1.54, 1.807) is 0 Å². The van der Waals surface area contributed by atoms with E-state index >= 15 is 0 Å². The first-order valence-electron chi connectivity index (χ1n) is 32.7. The van der Waals surface area contributed by atoms with Crippen molar-refractivity contribution in [3.63, 3.8) is 0 Å². The molecule has 434 valence electrons. The second-order valence-electron chi connectivity index (χ2n) is 26.0. The summed E-state index contributed by atoms with van der Waals surface area (Å²) in [6.07, 6.45) is 0. The summed E-state index contributed by atoms with van der Waals surface area (Å²) in [5, 5.41) is 4.83. The molecule has 93 heavy (non-hydrogen) atoms. The van der Waals surface area contributed by atoms with E-state index < -0.39 is 16.2 Å². The lowest BCUT2D eigenvalue weighted by Gasteiger charge is -2.44. The Labute approximate surface area is 542 Å². The van der Waals surface area contributed by atoms with Gasteiger partial charge in [0.25, 0.3) is 0 Å². The van der Waals surface area contributed by atoms with Gasteiger partial charge in [-0.1, -0.05) is 309 Å². The molecule has 15 aromatic carbocycles. The summed E-state index contributed by atoms with van der Waals surface area (Å²) < 4.78 is 0. The van der Waals surface area contributed by atoms with Gasteiger partial charge in [0.2, 0.25) is 0 Å². The molecule has 0 saturated heterocycles. The highest BCUT2D eigenvalue weighted by molar-refractivity contribution is 6.22. The molecule has 0 radical (unpaired) electrons. The zero-order chi connectivity index (χ0) is 61.3. The molecule has 2 nitrogen and oxygen atoms in total. The first-order valence-corrected chi connectivity index (χ1v) is 32.7. The number of rotatable bonds is 5. The fourth-order valence-electron chi connectivity index (χ4n) is 18.8. The van der Waals surface area contributed by atoms with Crippen molar-refractivity contribution in [1.82, 2.24) is 0 Å². The minimum atomic E-state index is -0.587. The first-order chi connectivity index (χ1) is 46.0. The van der Waals surface area contributed by atoms with Crippen molar-refractivity contribution in [3.05, 3.63) is 394 Å². The fraction of sp³-hybridized carbons (Fsp3) is 0.0549. The molecule has 15 aromatic rings. The van der Waals surface area contributed by atoms with Gasteiger partial charge in [-0.25, -0.2) is 0 Å². The lowest BCUT2D eigenvalue weighted by atomic mass is 9.64. The van der Waals surface area contributed by atoms with E-state index in [1.165, 1.54) is 178 Å². The Hall–Kier alpha value is -11.6. The van der Waals surface area contributed by atoms with Crippen LogP contribution in [-0.2, 0) is 16.2 Å². The Morgan fingerprint density at radius 2 is 0.495 bits per heavy atom. The monoisotopic (exact) mass is 1180 g/mol. The van der Waals surface area contributed by atoms with Crippen molar-refractivity contribution in [2.24, 2.45) is 0 Å². The third-order valence-electron chi connectivity index (χ3n) is 22.2. The molecule has 2 aliphatic heterocycles. The van der Waals surface area contributed by atoms with Crippen molar-refractivity contribution in [1.29, 1.82) is 0 Å². The van der Waals surface area contributed by atoms with Gasteiger partial charge in [0.05, 0.1) is 27.6 Å². The molecular formula is C91H60N2. The lowest BCUT2D eigenvalue weighted by Crippen LogP contribution is -2.36. The van der Waals surface area contributed by atoms with Crippen LogP contribution in [0.25, 0.3) is 88.3 Å². The van der Waals surface area contributed by atoms with E-state index in [0.29, 0.717) is 0 Å². The number of nitrogens with zero attached hydrogens (tertiary/aromatic N) is 2. The predicted octanol–water partition coefficient (Wildman–Crippen LogP) is 22.2. The second-order valence-corrected chi connectivity index (χ2v) is 26.0. The summed E-state index contributed by atoms with van der Waals surface area (Å²) in [6.45, 7) is 0. The standard InChI is InChI=1S/C91H60N2/c1-92-83-54-21-19-49-78(83)90(73-44-14-9-32-61(73)62-33-10-15-45-74(62)90)81-52-25-41-67(87(81)92)59-37-23-39-65-71(59)56-72-60(68-42-26-53-82-88(68)93(2)84-55-22-20-50-79(84)91(82)75-46-16-11-34-63(75)64-35-12-17-47-76(64)91)38-24-40-66(72)85(65)70-43-27-51-80-86(70)69-36-13-18-48-77(69)89(80,57-28-5-3-6-29-57)58-30-7-4-8-31-58/h3-56H,1-2H3. The van der Waals surface area contributed by atoms with Crippen molar-refractivity contribution in [2.45, 2.75) is 16.2 Å². The van der Waals surface area contributed by atoms with Crippen molar-refractivity contribution >= 4 is 44.3 Å².